The lowest BCUT2D eigenvalue weighted by atomic mass is 10.2. The Morgan fingerprint density at radius 3 is 2.56 bits per heavy atom. The Balaban J connectivity index is 2.27. The van der Waals surface area contributed by atoms with Crippen molar-refractivity contribution in [3.63, 3.8) is 0 Å². The molecular formula is C19H26N4O3S. The van der Waals surface area contributed by atoms with Crippen molar-refractivity contribution in [3.05, 3.63) is 34.1 Å². The molecule has 0 aromatic carbocycles. The van der Waals surface area contributed by atoms with Gasteiger partial charge in [-0.1, -0.05) is 11.3 Å². The summed E-state index contributed by atoms with van der Waals surface area (Å²) in [6.07, 6.45) is 5.19. The number of carbonyl (C=O) groups is 2. The minimum absolute atomic E-state index is 0.109. The number of thiazole rings is 1. The SMILES string of the molecule is CCOC(=O)c1sc(N(C(=O)/C=C/c2cn(CC)nc2C)C(C)C)nc1C. The van der Waals surface area contributed by atoms with Crippen LogP contribution in [0.15, 0.2) is 12.3 Å². The Hall–Kier alpha value is -2.48. The molecule has 2 aromatic rings. The van der Waals surface area contributed by atoms with Gasteiger partial charge in [-0.05, 0) is 47.6 Å². The number of nitrogens with zero attached hydrogens (tertiary/aromatic N) is 4. The van der Waals surface area contributed by atoms with Crippen LogP contribution in [-0.2, 0) is 16.1 Å². The van der Waals surface area contributed by atoms with Gasteiger partial charge in [0.2, 0.25) is 0 Å². The zero-order chi connectivity index (χ0) is 20.1. The minimum Gasteiger partial charge on any atom is -0.462 e. The molecule has 0 aliphatic heterocycles. The summed E-state index contributed by atoms with van der Waals surface area (Å²) in [6.45, 7) is 12.3. The largest absolute Gasteiger partial charge is 0.462 e. The molecule has 8 heteroatoms. The van der Waals surface area contributed by atoms with Gasteiger partial charge in [-0.3, -0.25) is 14.4 Å². The van der Waals surface area contributed by atoms with Gasteiger partial charge in [-0.15, -0.1) is 0 Å². The van der Waals surface area contributed by atoms with Crippen LogP contribution in [0.3, 0.4) is 0 Å². The molecule has 0 fully saturated rings. The quantitative estimate of drug-likeness (QED) is 0.533. The third-order valence-corrected chi connectivity index (χ3v) is 5.06. The Bertz CT molecular complexity index is 851. The molecule has 27 heavy (non-hydrogen) atoms. The predicted molar refractivity (Wildman–Crippen MR) is 107 cm³/mol. The second kappa shape index (κ2) is 8.94. The maximum absolute atomic E-state index is 12.8. The molecule has 7 nitrogen and oxygen atoms in total. The van der Waals surface area contributed by atoms with E-state index in [4.69, 9.17) is 4.74 Å². The number of esters is 1. The van der Waals surface area contributed by atoms with Gasteiger partial charge in [0.1, 0.15) is 4.88 Å². The summed E-state index contributed by atoms with van der Waals surface area (Å²) in [6, 6.07) is -0.109. The Morgan fingerprint density at radius 2 is 2.00 bits per heavy atom. The fourth-order valence-electron chi connectivity index (χ4n) is 2.54. The van der Waals surface area contributed by atoms with Gasteiger partial charge in [0.25, 0.3) is 5.91 Å². The molecule has 2 aromatic heterocycles. The van der Waals surface area contributed by atoms with Gasteiger partial charge in [0.05, 0.1) is 18.0 Å². The maximum atomic E-state index is 12.8. The lowest BCUT2D eigenvalue weighted by Crippen LogP contribution is -2.35. The first-order chi connectivity index (χ1) is 12.8. The number of hydrogen-bond donors (Lipinski definition) is 0. The van der Waals surface area contributed by atoms with Crippen LogP contribution in [0.5, 0.6) is 0 Å². The monoisotopic (exact) mass is 390 g/mol. The molecule has 0 aliphatic carbocycles. The predicted octanol–water partition coefficient (Wildman–Crippen LogP) is 3.61. The summed E-state index contributed by atoms with van der Waals surface area (Å²) in [5.41, 5.74) is 2.33. The smallest absolute Gasteiger partial charge is 0.350 e. The molecule has 0 saturated carbocycles. The Labute approximate surface area is 163 Å². The molecule has 0 unspecified atom stereocenters. The lowest BCUT2D eigenvalue weighted by Gasteiger charge is -2.22. The number of carbonyl (C=O) groups excluding carboxylic acids is 2. The third-order valence-electron chi connectivity index (χ3n) is 3.92. The summed E-state index contributed by atoms with van der Waals surface area (Å²) in [5.74, 6) is -0.606. The highest BCUT2D eigenvalue weighted by Gasteiger charge is 2.24. The number of hydrogen-bond acceptors (Lipinski definition) is 6. The highest BCUT2D eigenvalue weighted by atomic mass is 32.1. The zero-order valence-corrected chi connectivity index (χ0v) is 17.5. The summed E-state index contributed by atoms with van der Waals surface area (Å²) in [7, 11) is 0. The van der Waals surface area contributed by atoms with Crippen molar-refractivity contribution < 1.29 is 14.3 Å². The van der Waals surface area contributed by atoms with Crippen LogP contribution in [-0.4, -0.2) is 39.3 Å². The highest BCUT2D eigenvalue weighted by molar-refractivity contribution is 7.17. The van der Waals surface area contributed by atoms with E-state index in [1.807, 2.05) is 38.6 Å². The van der Waals surface area contributed by atoms with E-state index < -0.39 is 5.97 Å². The van der Waals surface area contributed by atoms with Gasteiger partial charge in [0, 0.05) is 30.4 Å². The molecule has 1 amide bonds. The number of ether oxygens (including phenoxy) is 1. The molecule has 0 saturated heterocycles. The number of aromatic nitrogens is 3. The molecular weight excluding hydrogens is 364 g/mol. The standard InChI is InChI=1S/C19H26N4O3S/c1-7-22-11-15(13(5)21-22)9-10-16(24)23(12(3)4)19-20-14(6)17(27-19)18(25)26-8-2/h9-12H,7-8H2,1-6H3/b10-9+. The second-order valence-electron chi connectivity index (χ2n) is 6.29. The van der Waals surface area contributed by atoms with E-state index in [9.17, 15) is 9.59 Å². The van der Waals surface area contributed by atoms with Crippen LogP contribution >= 0.6 is 11.3 Å². The molecule has 2 rings (SSSR count). The van der Waals surface area contributed by atoms with Crippen LogP contribution in [0.1, 0.15) is 54.3 Å². The van der Waals surface area contributed by atoms with Crippen molar-refractivity contribution >= 4 is 34.4 Å². The lowest BCUT2D eigenvalue weighted by molar-refractivity contribution is -0.114. The molecule has 0 bridgehead atoms. The summed E-state index contributed by atoms with van der Waals surface area (Å²) >= 11 is 1.17. The van der Waals surface area contributed by atoms with Crippen molar-refractivity contribution in [2.45, 2.75) is 54.1 Å². The zero-order valence-electron chi connectivity index (χ0n) is 16.6. The van der Waals surface area contributed by atoms with Gasteiger partial charge in [-0.2, -0.15) is 5.10 Å². The molecule has 0 radical (unpaired) electrons. The van der Waals surface area contributed by atoms with E-state index in [1.165, 1.54) is 17.4 Å². The van der Waals surface area contributed by atoms with Crippen LogP contribution < -0.4 is 4.90 Å². The maximum Gasteiger partial charge on any atom is 0.350 e. The van der Waals surface area contributed by atoms with Crippen LogP contribution in [0.2, 0.25) is 0 Å². The van der Waals surface area contributed by atoms with Gasteiger partial charge < -0.3 is 4.74 Å². The molecule has 146 valence electrons. The van der Waals surface area contributed by atoms with Crippen molar-refractivity contribution in [1.82, 2.24) is 14.8 Å². The fourth-order valence-corrected chi connectivity index (χ4v) is 3.64. The highest BCUT2D eigenvalue weighted by Crippen LogP contribution is 2.28. The Kier molecular flexibility index (Phi) is 6.90. The first-order valence-corrected chi connectivity index (χ1v) is 9.79. The molecule has 0 aliphatic rings. The van der Waals surface area contributed by atoms with E-state index in [1.54, 1.807) is 24.8 Å². The summed E-state index contributed by atoms with van der Waals surface area (Å²) in [5, 5.41) is 4.86. The van der Waals surface area contributed by atoms with E-state index >= 15 is 0 Å². The van der Waals surface area contributed by atoms with Gasteiger partial charge in [-0.25, -0.2) is 9.78 Å². The first-order valence-electron chi connectivity index (χ1n) is 8.98. The summed E-state index contributed by atoms with van der Waals surface area (Å²) in [4.78, 5) is 31.3. The van der Waals surface area contributed by atoms with E-state index in [-0.39, 0.29) is 11.9 Å². The van der Waals surface area contributed by atoms with Crippen molar-refractivity contribution in [2.75, 3.05) is 11.5 Å². The number of amides is 1. The van der Waals surface area contributed by atoms with Gasteiger partial charge in [0.15, 0.2) is 5.13 Å². The summed E-state index contributed by atoms with van der Waals surface area (Å²) < 4.78 is 6.89. The van der Waals surface area contributed by atoms with E-state index in [0.29, 0.717) is 22.3 Å². The fraction of sp³-hybridized carbons (Fsp3) is 0.474. The van der Waals surface area contributed by atoms with E-state index in [0.717, 1.165) is 17.8 Å². The second-order valence-corrected chi connectivity index (χ2v) is 7.27. The van der Waals surface area contributed by atoms with Crippen LogP contribution in [0.4, 0.5) is 5.13 Å². The van der Waals surface area contributed by atoms with Crippen molar-refractivity contribution in [2.24, 2.45) is 0 Å². The van der Waals surface area contributed by atoms with E-state index in [2.05, 4.69) is 10.1 Å². The number of anilines is 1. The number of aryl methyl sites for hydroxylation is 3. The average Bonchev–Trinajstić information content (AvgIpc) is 3.15. The minimum atomic E-state index is -0.409. The molecule has 0 spiro atoms. The number of rotatable bonds is 7. The third kappa shape index (κ3) is 4.82. The molecule has 2 heterocycles. The first kappa shape index (κ1) is 20.8. The van der Waals surface area contributed by atoms with Gasteiger partial charge >= 0.3 is 5.97 Å². The normalized spacial score (nSPS) is 11.4. The Morgan fingerprint density at radius 1 is 1.30 bits per heavy atom. The van der Waals surface area contributed by atoms with Crippen molar-refractivity contribution in [3.8, 4) is 0 Å². The molecule has 0 atom stereocenters. The van der Waals surface area contributed by atoms with Crippen LogP contribution in [0, 0.1) is 13.8 Å². The molecule has 0 N–H and O–H groups in total. The average molecular weight is 391 g/mol. The van der Waals surface area contributed by atoms with Crippen LogP contribution in [0.25, 0.3) is 6.08 Å². The topological polar surface area (TPSA) is 77.3 Å². The van der Waals surface area contributed by atoms with Crippen molar-refractivity contribution in [1.29, 1.82) is 0 Å².